The molecule has 0 saturated heterocycles. The van der Waals surface area contributed by atoms with Crippen LogP contribution in [0, 0.1) is 0 Å². The van der Waals surface area contributed by atoms with Gasteiger partial charge in [0.2, 0.25) is 0 Å². The smallest absolute Gasteiger partial charge is 0.108 e. The Morgan fingerprint density at radius 3 is 3.20 bits per heavy atom. The van der Waals surface area contributed by atoms with E-state index in [1.807, 2.05) is 0 Å². The molecular formula is C8H11NO. The molecule has 1 aromatic rings. The van der Waals surface area contributed by atoms with Crippen molar-refractivity contribution in [3.63, 3.8) is 0 Å². The zero-order valence-electron chi connectivity index (χ0n) is 5.89. The predicted octanol–water partition coefficient (Wildman–Crippen LogP) is 0.968. The fourth-order valence-corrected chi connectivity index (χ4v) is 1.36. The van der Waals surface area contributed by atoms with Crippen molar-refractivity contribution in [3.8, 4) is 0 Å². The maximum Gasteiger partial charge on any atom is 0.108 e. The van der Waals surface area contributed by atoms with Crippen LogP contribution in [0.5, 0.6) is 0 Å². The van der Waals surface area contributed by atoms with Crippen molar-refractivity contribution in [3.05, 3.63) is 23.7 Å². The molecule has 10 heavy (non-hydrogen) atoms. The third-order valence-corrected chi connectivity index (χ3v) is 1.94. The summed E-state index contributed by atoms with van der Waals surface area (Å²) < 4.78 is 5.30. The molecule has 0 amide bonds. The van der Waals surface area contributed by atoms with Crippen molar-refractivity contribution < 1.29 is 4.42 Å². The molecule has 1 aromatic heterocycles. The number of fused-ring (bicyclic) bond motifs is 1. The van der Waals surface area contributed by atoms with Crippen LogP contribution < -0.4 is 5.32 Å². The van der Waals surface area contributed by atoms with Crippen LogP contribution in [0.2, 0.25) is 0 Å². The van der Waals surface area contributed by atoms with E-state index in [-0.39, 0.29) is 0 Å². The van der Waals surface area contributed by atoms with Gasteiger partial charge in [-0.15, -0.1) is 0 Å². The summed E-state index contributed by atoms with van der Waals surface area (Å²) in [6, 6.07) is 2.07. The highest BCUT2D eigenvalue weighted by Crippen LogP contribution is 2.12. The first-order chi connectivity index (χ1) is 4.97. The largest absolute Gasteiger partial charge is 0.469 e. The van der Waals surface area contributed by atoms with E-state index in [1.54, 1.807) is 6.26 Å². The molecule has 0 aliphatic carbocycles. The van der Waals surface area contributed by atoms with Crippen molar-refractivity contribution in [1.29, 1.82) is 0 Å². The normalized spacial score (nSPS) is 18.0. The Hall–Kier alpha value is -0.760. The lowest BCUT2D eigenvalue weighted by Gasteiger charge is -1.93. The molecule has 1 aliphatic rings. The Bertz CT molecular complexity index is 196. The maximum atomic E-state index is 5.30. The lowest BCUT2D eigenvalue weighted by molar-refractivity contribution is 0.505. The minimum Gasteiger partial charge on any atom is -0.469 e. The van der Waals surface area contributed by atoms with Crippen molar-refractivity contribution in [2.45, 2.75) is 12.8 Å². The highest BCUT2D eigenvalue weighted by molar-refractivity contribution is 5.18. The van der Waals surface area contributed by atoms with Gasteiger partial charge in [-0.25, -0.2) is 0 Å². The molecule has 2 nitrogen and oxygen atoms in total. The number of nitrogens with one attached hydrogen (secondary N) is 1. The van der Waals surface area contributed by atoms with E-state index >= 15 is 0 Å². The zero-order valence-corrected chi connectivity index (χ0v) is 5.89. The van der Waals surface area contributed by atoms with Crippen LogP contribution in [0.1, 0.15) is 11.3 Å². The number of furan rings is 1. The Morgan fingerprint density at radius 1 is 1.30 bits per heavy atom. The second kappa shape index (κ2) is 2.46. The summed E-state index contributed by atoms with van der Waals surface area (Å²) in [4.78, 5) is 0. The summed E-state index contributed by atoms with van der Waals surface area (Å²) in [7, 11) is 0. The van der Waals surface area contributed by atoms with E-state index in [0.29, 0.717) is 0 Å². The number of hydrogen-bond donors (Lipinski definition) is 1. The quantitative estimate of drug-likeness (QED) is 0.576. The minimum absolute atomic E-state index is 1.04. The van der Waals surface area contributed by atoms with Gasteiger partial charge >= 0.3 is 0 Å². The summed E-state index contributed by atoms with van der Waals surface area (Å²) >= 11 is 0. The standard InChI is InChI=1S/C8H11NO/c1-4-9-5-2-8-7(1)3-6-10-8/h3,6,9H,1-2,4-5H2. The molecule has 0 radical (unpaired) electrons. The molecule has 0 saturated carbocycles. The zero-order chi connectivity index (χ0) is 6.81. The molecule has 1 aliphatic heterocycles. The highest BCUT2D eigenvalue weighted by atomic mass is 16.3. The molecule has 2 rings (SSSR count). The van der Waals surface area contributed by atoms with Crippen LogP contribution in [-0.2, 0) is 12.8 Å². The van der Waals surface area contributed by atoms with Crippen LogP contribution in [0.25, 0.3) is 0 Å². The molecule has 1 N–H and O–H groups in total. The van der Waals surface area contributed by atoms with Gasteiger partial charge in [0.25, 0.3) is 0 Å². The van der Waals surface area contributed by atoms with Crippen molar-refractivity contribution >= 4 is 0 Å². The van der Waals surface area contributed by atoms with Gasteiger partial charge in [-0.1, -0.05) is 0 Å². The van der Waals surface area contributed by atoms with E-state index < -0.39 is 0 Å². The first-order valence-corrected chi connectivity index (χ1v) is 3.73. The lowest BCUT2D eigenvalue weighted by atomic mass is 10.2. The fraction of sp³-hybridized carbons (Fsp3) is 0.500. The molecule has 0 fully saturated rings. The molecule has 0 spiro atoms. The average Bonchev–Trinajstić information content (AvgIpc) is 2.28. The molecule has 2 heterocycles. The summed E-state index contributed by atoms with van der Waals surface area (Å²) in [5, 5.41) is 3.32. The second-order valence-corrected chi connectivity index (χ2v) is 2.62. The molecular weight excluding hydrogens is 126 g/mol. The van der Waals surface area contributed by atoms with Crippen LogP contribution in [0.4, 0.5) is 0 Å². The van der Waals surface area contributed by atoms with E-state index in [9.17, 15) is 0 Å². The second-order valence-electron chi connectivity index (χ2n) is 2.62. The molecule has 0 aromatic carbocycles. The average molecular weight is 137 g/mol. The van der Waals surface area contributed by atoms with Gasteiger partial charge in [-0.2, -0.15) is 0 Å². The Labute approximate surface area is 60.2 Å². The maximum absolute atomic E-state index is 5.30. The lowest BCUT2D eigenvalue weighted by Crippen LogP contribution is -2.16. The summed E-state index contributed by atoms with van der Waals surface area (Å²) in [5.41, 5.74) is 1.38. The van der Waals surface area contributed by atoms with Crippen LogP contribution in [-0.4, -0.2) is 13.1 Å². The number of rotatable bonds is 0. The van der Waals surface area contributed by atoms with Crippen LogP contribution in [0.3, 0.4) is 0 Å². The van der Waals surface area contributed by atoms with Gasteiger partial charge < -0.3 is 9.73 Å². The van der Waals surface area contributed by atoms with Gasteiger partial charge in [-0.05, 0) is 24.6 Å². The van der Waals surface area contributed by atoms with E-state index in [0.717, 1.165) is 25.9 Å². The number of hydrogen-bond acceptors (Lipinski definition) is 2. The molecule has 54 valence electrons. The van der Waals surface area contributed by atoms with E-state index in [1.165, 1.54) is 11.3 Å². The van der Waals surface area contributed by atoms with Crippen molar-refractivity contribution in [2.75, 3.05) is 13.1 Å². The first-order valence-electron chi connectivity index (χ1n) is 3.73. The Morgan fingerprint density at radius 2 is 2.20 bits per heavy atom. The van der Waals surface area contributed by atoms with Gasteiger partial charge in [-0.3, -0.25) is 0 Å². The highest BCUT2D eigenvalue weighted by Gasteiger charge is 2.08. The summed E-state index contributed by atoms with van der Waals surface area (Å²) in [6.45, 7) is 2.15. The van der Waals surface area contributed by atoms with Gasteiger partial charge in [0, 0.05) is 13.0 Å². The third kappa shape index (κ3) is 0.948. The molecule has 2 heteroatoms. The Kier molecular flexibility index (Phi) is 1.47. The minimum atomic E-state index is 1.04. The van der Waals surface area contributed by atoms with Crippen molar-refractivity contribution in [1.82, 2.24) is 5.32 Å². The SMILES string of the molecule is c1cc2c(o1)CCNCC2. The van der Waals surface area contributed by atoms with E-state index in [4.69, 9.17) is 4.42 Å². The monoisotopic (exact) mass is 137 g/mol. The topological polar surface area (TPSA) is 25.2 Å². The molecule has 0 bridgehead atoms. The third-order valence-electron chi connectivity index (χ3n) is 1.94. The van der Waals surface area contributed by atoms with Gasteiger partial charge in [0.05, 0.1) is 6.26 Å². The van der Waals surface area contributed by atoms with E-state index in [2.05, 4.69) is 11.4 Å². The molecule has 0 unspecified atom stereocenters. The summed E-state index contributed by atoms with van der Waals surface area (Å²) in [5.74, 6) is 1.17. The first kappa shape index (κ1) is 5.98. The molecule has 0 atom stereocenters. The van der Waals surface area contributed by atoms with Gasteiger partial charge in [0.15, 0.2) is 0 Å². The van der Waals surface area contributed by atoms with Crippen molar-refractivity contribution in [2.24, 2.45) is 0 Å². The summed E-state index contributed by atoms with van der Waals surface area (Å²) in [6.07, 6.45) is 3.95. The van der Waals surface area contributed by atoms with Gasteiger partial charge in [0.1, 0.15) is 5.76 Å². The fourth-order valence-electron chi connectivity index (χ4n) is 1.36. The van der Waals surface area contributed by atoms with Crippen LogP contribution >= 0.6 is 0 Å². The Balaban J connectivity index is 2.28. The predicted molar refractivity (Wildman–Crippen MR) is 39.0 cm³/mol. The van der Waals surface area contributed by atoms with Crippen LogP contribution in [0.15, 0.2) is 16.7 Å².